The van der Waals surface area contributed by atoms with E-state index in [1.165, 1.54) is 6.07 Å². The highest BCUT2D eigenvalue weighted by molar-refractivity contribution is 9.10. The normalized spacial score (nSPS) is 10.5. The quantitative estimate of drug-likeness (QED) is 0.449. The Morgan fingerprint density at radius 2 is 1.74 bits per heavy atom. The molecule has 0 heterocycles. The van der Waals surface area contributed by atoms with Gasteiger partial charge in [-0.05, 0) is 48.0 Å². The Hall–Kier alpha value is -2.24. The minimum absolute atomic E-state index is 0.123. The van der Waals surface area contributed by atoms with E-state index in [0.29, 0.717) is 28.6 Å². The Morgan fingerprint density at radius 1 is 1.00 bits per heavy atom. The van der Waals surface area contributed by atoms with Crippen LogP contribution in [0.5, 0.6) is 11.5 Å². The first-order chi connectivity index (χ1) is 13.1. The number of halogens is 3. The lowest BCUT2D eigenvalue weighted by Gasteiger charge is -2.15. The van der Waals surface area contributed by atoms with Gasteiger partial charge in [-0.1, -0.05) is 45.7 Å². The molecule has 1 N–H and O–H groups in total. The van der Waals surface area contributed by atoms with Crippen LogP contribution >= 0.6 is 27.5 Å². The molecule has 0 aromatic heterocycles. The van der Waals surface area contributed by atoms with Gasteiger partial charge in [0.2, 0.25) is 0 Å². The topological polar surface area (TPSA) is 30.5 Å². The highest BCUT2D eigenvalue weighted by Gasteiger charge is 2.12. The summed E-state index contributed by atoms with van der Waals surface area (Å²) in [6.45, 7) is 0.712. The van der Waals surface area contributed by atoms with Crippen molar-refractivity contribution in [2.24, 2.45) is 0 Å². The Kier molecular flexibility index (Phi) is 6.58. The first-order valence-corrected chi connectivity index (χ1v) is 9.46. The van der Waals surface area contributed by atoms with E-state index in [1.807, 2.05) is 36.4 Å². The molecule has 0 radical (unpaired) electrons. The summed E-state index contributed by atoms with van der Waals surface area (Å²) >= 11 is 9.47. The summed E-state index contributed by atoms with van der Waals surface area (Å²) in [6, 6.07) is 17.8. The number of hydrogen-bond donors (Lipinski definition) is 1. The number of hydrogen-bond acceptors (Lipinski definition) is 3. The third-order valence-corrected chi connectivity index (χ3v) is 4.99. The molecule has 0 aliphatic heterocycles. The van der Waals surface area contributed by atoms with Gasteiger partial charge in [0.25, 0.3) is 0 Å². The molecule has 3 rings (SSSR count). The number of methoxy groups -OCH3 is 1. The Bertz CT molecular complexity index is 919. The van der Waals surface area contributed by atoms with Crippen molar-refractivity contribution in [1.82, 2.24) is 0 Å². The van der Waals surface area contributed by atoms with Crippen LogP contribution in [0, 0.1) is 5.82 Å². The fourth-order valence-electron chi connectivity index (χ4n) is 2.52. The van der Waals surface area contributed by atoms with Crippen LogP contribution in [0.1, 0.15) is 11.1 Å². The van der Waals surface area contributed by atoms with Gasteiger partial charge in [0.1, 0.15) is 12.4 Å². The van der Waals surface area contributed by atoms with Gasteiger partial charge in [0.15, 0.2) is 11.5 Å². The van der Waals surface area contributed by atoms with E-state index in [4.69, 9.17) is 21.1 Å². The van der Waals surface area contributed by atoms with Crippen LogP contribution in [0.3, 0.4) is 0 Å². The third kappa shape index (κ3) is 5.15. The van der Waals surface area contributed by atoms with E-state index in [2.05, 4.69) is 21.2 Å². The van der Waals surface area contributed by atoms with E-state index in [-0.39, 0.29) is 12.4 Å². The van der Waals surface area contributed by atoms with Crippen LogP contribution in [-0.2, 0) is 13.2 Å². The zero-order valence-corrected chi connectivity index (χ0v) is 17.0. The summed E-state index contributed by atoms with van der Waals surface area (Å²) < 4.78 is 25.9. The molecule has 0 aliphatic carbocycles. The van der Waals surface area contributed by atoms with Crippen LogP contribution in [0.25, 0.3) is 0 Å². The minimum atomic E-state index is -0.292. The average molecular weight is 451 g/mol. The Labute approximate surface area is 171 Å². The molecule has 3 aromatic rings. The number of anilines is 1. The maximum absolute atomic E-state index is 13.8. The maximum atomic E-state index is 13.8. The molecule has 0 fully saturated rings. The summed E-state index contributed by atoms with van der Waals surface area (Å²) in [7, 11) is 1.58. The van der Waals surface area contributed by atoms with Crippen molar-refractivity contribution in [1.29, 1.82) is 0 Å². The van der Waals surface area contributed by atoms with Crippen molar-refractivity contribution in [3.05, 3.63) is 87.1 Å². The fraction of sp³-hybridized carbons (Fsp3) is 0.143. The number of benzene rings is 3. The smallest absolute Gasteiger partial charge is 0.162 e. The largest absolute Gasteiger partial charge is 0.493 e. The molecule has 6 heteroatoms. The molecule has 0 bridgehead atoms. The predicted octanol–water partition coefficient (Wildman–Crippen LogP) is 6.44. The van der Waals surface area contributed by atoms with Gasteiger partial charge in [-0.15, -0.1) is 0 Å². The lowest BCUT2D eigenvalue weighted by atomic mass is 10.2. The SMILES string of the molecule is COc1cc(CNc2ccc(Cl)cc2)c(Br)cc1OCc1ccccc1F. The van der Waals surface area contributed by atoms with Gasteiger partial charge >= 0.3 is 0 Å². The highest BCUT2D eigenvalue weighted by atomic mass is 79.9. The third-order valence-electron chi connectivity index (χ3n) is 4.00. The fourth-order valence-corrected chi connectivity index (χ4v) is 3.11. The molecule has 0 atom stereocenters. The lowest BCUT2D eigenvalue weighted by Crippen LogP contribution is -2.03. The lowest BCUT2D eigenvalue weighted by molar-refractivity contribution is 0.279. The van der Waals surface area contributed by atoms with Gasteiger partial charge in [0.05, 0.1) is 7.11 Å². The van der Waals surface area contributed by atoms with E-state index in [1.54, 1.807) is 25.3 Å². The highest BCUT2D eigenvalue weighted by Crippen LogP contribution is 2.34. The molecule has 0 saturated heterocycles. The summed E-state index contributed by atoms with van der Waals surface area (Å²) in [4.78, 5) is 0. The molecule has 3 aromatic carbocycles. The van der Waals surface area contributed by atoms with Gasteiger partial charge in [-0.3, -0.25) is 0 Å². The van der Waals surface area contributed by atoms with Crippen LogP contribution in [0.2, 0.25) is 5.02 Å². The van der Waals surface area contributed by atoms with Crippen LogP contribution in [0.15, 0.2) is 65.1 Å². The molecular formula is C21H18BrClFNO2. The van der Waals surface area contributed by atoms with Crippen molar-refractivity contribution in [2.75, 3.05) is 12.4 Å². The van der Waals surface area contributed by atoms with Gasteiger partial charge < -0.3 is 14.8 Å². The predicted molar refractivity (Wildman–Crippen MR) is 110 cm³/mol. The summed E-state index contributed by atoms with van der Waals surface area (Å²) in [5, 5.41) is 4.02. The van der Waals surface area contributed by atoms with Crippen LogP contribution in [0.4, 0.5) is 10.1 Å². The molecule has 0 unspecified atom stereocenters. The average Bonchev–Trinajstić information content (AvgIpc) is 2.68. The standard InChI is InChI=1S/C21H18BrClFNO2/c1-26-20-10-15(12-25-17-8-6-16(23)7-9-17)18(22)11-21(20)27-13-14-4-2-3-5-19(14)24/h2-11,25H,12-13H2,1H3. The first-order valence-electron chi connectivity index (χ1n) is 8.29. The van der Waals surface area contributed by atoms with E-state index >= 15 is 0 Å². The maximum Gasteiger partial charge on any atom is 0.162 e. The zero-order chi connectivity index (χ0) is 19.2. The molecule has 0 spiro atoms. The minimum Gasteiger partial charge on any atom is -0.493 e. The molecule has 0 aliphatic rings. The van der Waals surface area contributed by atoms with Crippen molar-refractivity contribution in [3.63, 3.8) is 0 Å². The van der Waals surface area contributed by atoms with E-state index < -0.39 is 0 Å². The first kappa shape index (κ1) is 19.5. The van der Waals surface area contributed by atoms with Gasteiger partial charge in [-0.2, -0.15) is 0 Å². The van der Waals surface area contributed by atoms with Gasteiger partial charge in [-0.25, -0.2) is 4.39 Å². The molecule has 27 heavy (non-hydrogen) atoms. The van der Waals surface area contributed by atoms with E-state index in [0.717, 1.165) is 15.7 Å². The molecule has 3 nitrogen and oxygen atoms in total. The summed E-state index contributed by atoms with van der Waals surface area (Å²) in [5.74, 6) is 0.838. The second kappa shape index (κ2) is 9.11. The van der Waals surface area contributed by atoms with Crippen LogP contribution < -0.4 is 14.8 Å². The van der Waals surface area contributed by atoms with Crippen LogP contribution in [-0.4, -0.2) is 7.11 Å². The van der Waals surface area contributed by atoms with Gasteiger partial charge in [0, 0.05) is 27.3 Å². The molecular weight excluding hydrogens is 433 g/mol. The second-order valence-electron chi connectivity index (χ2n) is 5.84. The zero-order valence-electron chi connectivity index (χ0n) is 14.6. The molecule has 140 valence electrons. The molecule has 0 amide bonds. The summed E-state index contributed by atoms with van der Waals surface area (Å²) in [5.41, 5.74) is 2.45. The second-order valence-corrected chi connectivity index (χ2v) is 7.13. The number of rotatable bonds is 7. The summed E-state index contributed by atoms with van der Waals surface area (Å²) in [6.07, 6.45) is 0. The molecule has 0 saturated carbocycles. The van der Waals surface area contributed by atoms with Crippen molar-refractivity contribution >= 4 is 33.2 Å². The monoisotopic (exact) mass is 449 g/mol. The Morgan fingerprint density at radius 3 is 2.44 bits per heavy atom. The number of ether oxygens (including phenoxy) is 2. The van der Waals surface area contributed by atoms with Crippen molar-refractivity contribution in [3.8, 4) is 11.5 Å². The van der Waals surface area contributed by atoms with Crippen molar-refractivity contribution in [2.45, 2.75) is 13.2 Å². The van der Waals surface area contributed by atoms with E-state index in [9.17, 15) is 4.39 Å². The Balaban J connectivity index is 1.72. The number of nitrogens with one attached hydrogen (secondary N) is 1. The van der Waals surface area contributed by atoms with Crippen molar-refractivity contribution < 1.29 is 13.9 Å².